The summed E-state index contributed by atoms with van der Waals surface area (Å²) in [6.07, 6.45) is 1.49. The molecular formula is C8H12N4OS2. The Kier molecular flexibility index (Phi) is 5.13. The monoisotopic (exact) mass is 244 g/mol. The van der Waals surface area contributed by atoms with E-state index in [0.717, 1.165) is 23.5 Å². The maximum atomic E-state index is 10.1. The Morgan fingerprint density at radius 1 is 1.67 bits per heavy atom. The van der Waals surface area contributed by atoms with Crippen LogP contribution in [-0.2, 0) is 10.5 Å². The van der Waals surface area contributed by atoms with Gasteiger partial charge < -0.3 is 16.3 Å². The van der Waals surface area contributed by atoms with Gasteiger partial charge in [-0.15, -0.1) is 11.3 Å². The van der Waals surface area contributed by atoms with Crippen molar-refractivity contribution in [2.45, 2.75) is 12.2 Å². The van der Waals surface area contributed by atoms with Crippen LogP contribution < -0.4 is 11.5 Å². The number of hydrogen-bond donors (Lipinski definition) is 2. The van der Waals surface area contributed by atoms with Crippen LogP contribution in [0.15, 0.2) is 10.4 Å². The van der Waals surface area contributed by atoms with Crippen molar-refractivity contribution in [1.82, 2.24) is 4.98 Å². The molecule has 0 bridgehead atoms. The summed E-state index contributed by atoms with van der Waals surface area (Å²) in [4.78, 5) is 18.1. The number of carbonyl (C=O) groups excluding carboxylic acids is 1. The van der Waals surface area contributed by atoms with Gasteiger partial charge in [-0.05, 0) is 0 Å². The Labute approximate surface area is 96.0 Å². The molecule has 0 aliphatic rings. The number of aldehydes is 1. The molecular weight excluding hydrogens is 232 g/mol. The van der Waals surface area contributed by atoms with Crippen molar-refractivity contribution in [2.24, 2.45) is 16.5 Å². The summed E-state index contributed by atoms with van der Waals surface area (Å²) < 4.78 is 0. The summed E-state index contributed by atoms with van der Waals surface area (Å²) in [6.45, 7) is 0. The normalized spacial score (nSPS) is 9.87. The maximum Gasteiger partial charge on any atom is 0.212 e. The Balaban J connectivity index is 2.39. The van der Waals surface area contributed by atoms with Crippen molar-refractivity contribution in [2.75, 3.05) is 5.75 Å². The lowest BCUT2D eigenvalue weighted by atomic mass is 10.6. The fourth-order valence-corrected chi connectivity index (χ4v) is 2.41. The second-order valence-corrected chi connectivity index (χ2v) is 4.61. The molecule has 0 saturated carbocycles. The molecule has 82 valence electrons. The third-order valence-corrected chi connectivity index (χ3v) is 3.20. The first-order valence-electron chi connectivity index (χ1n) is 4.28. The third-order valence-electron chi connectivity index (χ3n) is 1.39. The molecule has 0 atom stereocenters. The number of guanidine groups is 1. The summed E-state index contributed by atoms with van der Waals surface area (Å²) in [5.41, 5.74) is 11.4. The highest BCUT2D eigenvalue weighted by molar-refractivity contribution is 7.98. The predicted molar refractivity (Wildman–Crippen MR) is 64.4 cm³/mol. The molecule has 7 heteroatoms. The van der Waals surface area contributed by atoms with Crippen LogP contribution >= 0.6 is 23.1 Å². The molecule has 0 amide bonds. The van der Waals surface area contributed by atoms with Crippen LogP contribution in [-0.4, -0.2) is 23.0 Å². The average Bonchev–Trinajstić information content (AvgIpc) is 2.59. The van der Waals surface area contributed by atoms with Crippen molar-refractivity contribution in [3.05, 3.63) is 11.1 Å². The van der Waals surface area contributed by atoms with E-state index in [-0.39, 0.29) is 5.96 Å². The molecule has 0 unspecified atom stereocenters. The number of nitrogens with zero attached hydrogens (tertiary/aromatic N) is 2. The second-order valence-electron chi connectivity index (χ2n) is 2.67. The number of carbonyl (C=O) groups is 1. The Morgan fingerprint density at radius 3 is 3.13 bits per heavy atom. The predicted octanol–water partition coefficient (Wildman–Crippen LogP) is 0.870. The Morgan fingerprint density at radius 2 is 2.47 bits per heavy atom. The van der Waals surface area contributed by atoms with Crippen molar-refractivity contribution in [3.8, 4) is 0 Å². The number of aliphatic imine (C=N–C) groups is 1. The summed E-state index contributed by atoms with van der Waals surface area (Å²) in [5, 5.41) is 2.48. The van der Waals surface area contributed by atoms with Crippen LogP contribution in [0.4, 0.5) is 5.13 Å². The van der Waals surface area contributed by atoms with E-state index >= 15 is 0 Å². The summed E-state index contributed by atoms with van der Waals surface area (Å²) >= 11 is 3.07. The van der Waals surface area contributed by atoms with E-state index in [4.69, 9.17) is 11.5 Å². The van der Waals surface area contributed by atoms with Gasteiger partial charge in [0.25, 0.3) is 0 Å². The second kappa shape index (κ2) is 6.41. The number of thiazole rings is 1. The highest BCUT2D eigenvalue weighted by Gasteiger charge is 2.00. The third kappa shape index (κ3) is 4.80. The quantitative estimate of drug-likeness (QED) is 0.335. The van der Waals surface area contributed by atoms with Crippen molar-refractivity contribution in [3.63, 3.8) is 0 Å². The molecule has 0 aromatic carbocycles. The van der Waals surface area contributed by atoms with Gasteiger partial charge in [0.2, 0.25) is 5.13 Å². The molecule has 1 aromatic heterocycles. The molecule has 15 heavy (non-hydrogen) atoms. The zero-order valence-corrected chi connectivity index (χ0v) is 9.68. The van der Waals surface area contributed by atoms with Gasteiger partial charge in [0, 0.05) is 23.3 Å². The van der Waals surface area contributed by atoms with Gasteiger partial charge in [-0.1, -0.05) is 0 Å². The standard InChI is InChI=1S/C8H12N4OS2/c9-7(10)12-8-11-6(5-15-8)4-14-3-1-2-13/h2,5H,1,3-4H2,(H4,9,10,11,12). The molecule has 0 radical (unpaired) electrons. The minimum absolute atomic E-state index is 0.0181. The Hall–Kier alpha value is -1.08. The molecule has 0 saturated heterocycles. The molecule has 4 N–H and O–H groups in total. The zero-order valence-electron chi connectivity index (χ0n) is 8.05. The van der Waals surface area contributed by atoms with E-state index in [0.29, 0.717) is 11.6 Å². The SMILES string of the molecule is NC(N)=Nc1nc(CSCCC=O)cs1. The molecule has 0 aliphatic heterocycles. The lowest BCUT2D eigenvalue weighted by Crippen LogP contribution is -2.21. The molecule has 0 spiro atoms. The minimum atomic E-state index is 0.0181. The van der Waals surface area contributed by atoms with E-state index in [1.807, 2.05) is 5.38 Å². The summed E-state index contributed by atoms with van der Waals surface area (Å²) in [5.74, 6) is 1.62. The van der Waals surface area contributed by atoms with Crippen LogP contribution in [0.25, 0.3) is 0 Å². The van der Waals surface area contributed by atoms with Crippen LogP contribution in [0.3, 0.4) is 0 Å². The fourth-order valence-electron chi connectivity index (χ4n) is 0.833. The highest BCUT2D eigenvalue weighted by atomic mass is 32.2. The molecule has 5 nitrogen and oxygen atoms in total. The summed E-state index contributed by atoms with van der Waals surface area (Å²) in [6, 6.07) is 0. The number of aromatic nitrogens is 1. The average molecular weight is 244 g/mol. The Bertz CT molecular complexity index is 346. The van der Waals surface area contributed by atoms with Gasteiger partial charge in [-0.2, -0.15) is 16.8 Å². The van der Waals surface area contributed by atoms with Crippen LogP contribution in [0, 0.1) is 0 Å². The molecule has 1 aromatic rings. The van der Waals surface area contributed by atoms with E-state index in [1.54, 1.807) is 11.8 Å². The lowest BCUT2D eigenvalue weighted by Gasteiger charge is -1.93. The van der Waals surface area contributed by atoms with Gasteiger partial charge in [-0.25, -0.2) is 4.98 Å². The largest absolute Gasteiger partial charge is 0.370 e. The van der Waals surface area contributed by atoms with Gasteiger partial charge >= 0.3 is 0 Å². The van der Waals surface area contributed by atoms with E-state index in [2.05, 4.69) is 9.98 Å². The summed E-state index contributed by atoms with van der Waals surface area (Å²) in [7, 11) is 0. The highest BCUT2D eigenvalue weighted by Crippen LogP contribution is 2.21. The van der Waals surface area contributed by atoms with Crippen LogP contribution in [0.1, 0.15) is 12.1 Å². The fraction of sp³-hybridized carbons (Fsp3) is 0.375. The smallest absolute Gasteiger partial charge is 0.212 e. The van der Waals surface area contributed by atoms with E-state index in [9.17, 15) is 4.79 Å². The molecule has 0 fully saturated rings. The first-order valence-corrected chi connectivity index (χ1v) is 6.31. The van der Waals surface area contributed by atoms with Crippen LogP contribution in [0.5, 0.6) is 0 Å². The van der Waals surface area contributed by atoms with Gasteiger partial charge in [0.05, 0.1) is 5.69 Å². The van der Waals surface area contributed by atoms with Crippen molar-refractivity contribution < 1.29 is 4.79 Å². The number of hydrogen-bond acceptors (Lipinski definition) is 5. The zero-order chi connectivity index (χ0) is 11.1. The van der Waals surface area contributed by atoms with Crippen molar-refractivity contribution >= 4 is 40.5 Å². The number of rotatable bonds is 6. The maximum absolute atomic E-state index is 10.1. The minimum Gasteiger partial charge on any atom is -0.370 e. The van der Waals surface area contributed by atoms with E-state index in [1.165, 1.54) is 11.3 Å². The topological polar surface area (TPSA) is 94.4 Å². The first kappa shape index (κ1) is 12.0. The van der Waals surface area contributed by atoms with E-state index < -0.39 is 0 Å². The molecule has 0 aliphatic carbocycles. The molecule has 1 heterocycles. The van der Waals surface area contributed by atoms with Crippen molar-refractivity contribution in [1.29, 1.82) is 0 Å². The van der Waals surface area contributed by atoms with Crippen LogP contribution in [0.2, 0.25) is 0 Å². The number of thioether (sulfide) groups is 1. The van der Waals surface area contributed by atoms with Gasteiger partial charge in [0.1, 0.15) is 6.29 Å². The lowest BCUT2D eigenvalue weighted by molar-refractivity contribution is -0.107. The first-order chi connectivity index (χ1) is 7.22. The number of nitrogens with two attached hydrogens (primary N) is 2. The van der Waals surface area contributed by atoms with Gasteiger partial charge in [-0.3, -0.25) is 0 Å². The van der Waals surface area contributed by atoms with Gasteiger partial charge in [0.15, 0.2) is 5.96 Å². The molecule has 1 rings (SSSR count).